The number of benzene rings is 2. The van der Waals surface area contributed by atoms with Crippen LogP contribution in [-0.4, -0.2) is 42.1 Å². The van der Waals surface area contributed by atoms with Crippen LogP contribution in [0.25, 0.3) is 0 Å². The topological polar surface area (TPSA) is 154 Å². The van der Waals surface area contributed by atoms with Crippen molar-refractivity contribution in [2.24, 2.45) is 0 Å². The van der Waals surface area contributed by atoms with Crippen LogP contribution in [0.2, 0.25) is 0 Å². The number of amides is 2. The van der Waals surface area contributed by atoms with Gasteiger partial charge in [-0.25, -0.2) is 38.3 Å². The number of cyclic esters (lactones) is 2. The minimum atomic E-state index is -0.603. The van der Waals surface area contributed by atoms with Crippen LogP contribution in [0.15, 0.2) is 122 Å². The number of aromatic nitrogens is 6. The molecule has 0 spiro atoms. The molecule has 4 atom stereocenters. The highest BCUT2D eigenvalue weighted by Crippen LogP contribution is 2.37. The Morgan fingerprint density at radius 3 is 1.31 bits per heavy atom. The Morgan fingerprint density at radius 2 is 0.926 bits per heavy atom. The number of halogens is 2. The summed E-state index contributed by atoms with van der Waals surface area (Å²) in [6.45, 7) is 0. The van der Waals surface area contributed by atoms with Gasteiger partial charge in [0.15, 0.2) is 12.2 Å². The van der Waals surface area contributed by atoms with Crippen molar-refractivity contribution in [2.45, 2.75) is 24.3 Å². The zero-order valence-electron chi connectivity index (χ0n) is 27.9. The number of pyridine rings is 2. The third kappa shape index (κ3) is 8.65. The molecule has 54 heavy (non-hydrogen) atoms. The van der Waals surface area contributed by atoms with Crippen molar-refractivity contribution in [3.05, 3.63) is 179 Å². The van der Waals surface area contributed by atoms with Crippen molar-refractivity contribution in [1.29, 1.82) is 0 Å². The Hall–Kier alpha value is -7.58. The third-order valence-electron chi connectivity index (χ3n) is 7.96. The number of nitrogens with one attached hydrogen (secondary N) is 2. The second-order valence-corrected chi connectivity index (χ2v) is 11.6. The maximum absolute atomic E-state index is 13.2. The third-order valence-corrected chi connectivity index (χ3v) is 7.96. The molecule has 2 aliphatic rings. The van der Waals surface area contributed by atoms with Crippen LogP contribution >= 0.6 is 0 Å². The number of carbonyl (C=O) groups excluding carboxylic acids is 2. The second kappa shape index (κ2) is 16.2. The van der Waals surface area contributed by atoms with Crippen molar-refractivity contribution in [1.82, 2.24) is 40.5 Å². The lowest BCUT2D eigenvalue weighted by molar-refractivity contribution is 0.131. The van der Waals surface area contributed by atoms with E-state index in [0.717, 1.165) is 0 Å². The Labute approximate surface area is 307 Å². The van der Waals surface area contributed by atoms with Gasteiger partial charge in [0.25, 0.3) is 0 Å². The maximum atomic E-state index is 13.2. The van der Waals surface area contributed by atoms with E-state index in [1.807, 2.05) is 0 Å². The van der Waals surface area contributed by atoms with Gasteiger partial charge in [-0.3, -0.25) is 9.97 Å². The van der Waals surface area contributed by atoms with Gasteiger partial charge in [0.05, 0.1) is 23.8 Å². The van der Waals surface area contributed by atoms with Gasteiger partial charge in [0, 0.05) is 24.8 Å². The van der Waals surface area contributed by atoms with Gasteiger partial charge in [-0.15, -0.1) is 0 Å². The lowest BCUT2D eigenvalue weighted by atomic mass is 10.00. The number of rotatable bonds is 4. The molecule has 2 aromatic carbocycles. The Kier molecular flexibility index (Phi) is 10.4. The molecule has 2 N–H and O–H groups in total. The maximum Gasteiger partial charge on any atom is 0.408 e. The van der Waals surface area contributed by atoms with E-state index in [2.05, 4.69) is 64.2 Å². The SMILES string of the molecule is O=C1N[C@@H](c2cccc(C#Cc3cnccn3)n2)[C@H](c2ccc(F)cc2)O1.O=C1N[C@H](c2cccc(C#Cc3cnccn3)n2)[C@@H](c2ccc(F)cc2)O1. The first kappa shape index (κ1) is 34.9. The molecule has 6 aromatic rings. The molecule has 0 radical (unpaired) electrons. The molecule has 264 valence electrons. The van der Waals surface area contributed by atoms with E-state index in [9.17, 15) is 18.4 Å². The van der Waals surface area contributed by atoms with Crippen molar-refractivity contribution in [3.63, 3.8) is 0 Å². The second-order valence-electron chi connectivity index (χ2n) is 11.6. The molecule has 0 unspecified atom stereocenters. The standard InChI is InChI=1S/2C20H13FN4O2/c2*21-14-6-4-13(5-7-14)19-18(25-20(26)27-19)17-3-1-2-15(24-17)8-9-16-12-22-10-11-23-16/h2*1-7,10-12,18-19H,(H,25,26)/t2*18-,19-/m10/s1. The van der Waals surface area contributed by atoms with Gasteiger partial charge in [0.1, 0.15) is 46.5 Å². The smallest absolute Gasteiger partial charge is 0.408 e. The normalized spacial score (nSPS) is 18.2. The van der Waals surface area contributed by atoms with E-state index >= 15 is 0 Å². The summed E-state index contributed by atoms with van der Waals surface area (Å²) >= 11 is 0. The fourth-order valence-electron chi connectivity index (χ4n) is 5.50. The molecule has 0 saturated carbocycles. The first-order chi connectivity index (χ1) is 26.4. The Bertz CT molecular complexity index is 2230. The fraction of sp³-hybridized carbons (Fsp3) is 0.100. The molecule has 4 aromatic heterocycles. The molecule has 14 heteroatoms. The molecule has 2 amide bonds. The molecule has 6 heterocycles. The van der Waals surface area contributed by atoms with Gasteiger partial charge in [-0.1, -0.05) is 36.4 Å². The molecule has 2 fully saturated rings. The summed E-state index contributed by atoms with van der Waals surface area (Å²) in [5.41, 5.74) is 4.67. The predicted octanol–water partition coefficient (Wildman–Crippen LogP) is 5.87. The van der Waals surface area contributed by atoms with Crippen molar-refractivity contribution in [2.75, 3.05) is 0 Å². The van der Waals surface area contributed by atoms with Crippen LogP contribution in [-0.2, 0) is 9.47 Å². The molecule has 0 aliphatic carbocycles. The summed E-state index contributed by atoms with van der Waals surface area (Å²) in [6, 6.07) is 21.4. The summed E-state index contributed by atoms with van der Waals surface area (Å²) < 4.78 is 37.1. The highest BCUT2D eigenvalue weighted by Gasteiger charge is 2.38. The van der Waals surface area contributed by atoms with Crippen molar-refractivity contribution in [3.8, 4) is 23.7 Å². The highest BCUT2D eigenvalue weighted by molar-refractivity contribution is 5.71. The van der Waals surface area contributed by atoms with Crippen LogP contribution in [0.5, 0.6) is 0 Å². The van der Waals surface area contributed by atoms with Gasteiger partial charge in [-0.05, 0) is 83.3 Å². The average molecular weight is 721 g/mol. The number of hydrogen-bond acceptors (Lipinski definition) is 10. The summed E-state index contributed by atoms with van der Waals surface area (Å²) in [5, 5.41) is 5.49. The number of nitrogens with zero attached hydrogens (tertiary/aromatic N) is 6. The molecular formula is C40H26F2N8O4. The summed E-state index contributed by atoms with van der Waals surface area (Å²) in [5.74, 6) is 10.9. The Morgan fingerprint density at radius 1 is 0.519 bits per heavy atom. The quantitative estimate of drug-likeness (QED) is 0.212. The summed E-state index contributed by atoms with van der Waals surface area (Å²) in [4.78, 5) is 48.7. The molecular weight excluding hydrogens is 694 g/mol. The average Bonchev–Trinajstić information content (AvgIpc) is 3.80. The van der Waals surface area contributed by atoms with E-state index in [4.69, 9.17) is 9.47 Å². The monoisotopic (exact) mass is 720 g/mol. The minimum absolute atomic E-state index is 0.355. The van der Waals surface area contributed by atoms with Crippen LogP contribution in [0.1, 0.15) is 69.6 Å². The van der Waals surface area contributed by atoms with Crippen LogP contribution in [0.4, 0.5) is 18.4 Å². The number of hydrogen-bond donors (Lipinski definition) is 2. The lowest BCUT2D eigenvalue weighted by Gasteiger charge is -2.17. The van der Waals surface area contributed by atoms with E-state index in [0.29, 0.717) is 45.3 Å². The van der Waals surface area contributed by atoms with Gasteiger partial charge < -0.3 is 20.1 Å². The van der Waals surface area contributed by atoms with Crippen molar-refractivity contribution < 1.29 is 27.8 Å². The molecule has 8 rings (SSSR count). The van der Waals surface area contributed by atoms with E-state index in [1.165, 1.54) is 24.3 Å². The largest absolute Gasteiger partial charge is 0.439 e. The first-order valence-electron chi connectivity index (χ1n) is 16.3. The zero-order valence-corrected chi connectivity index (χ0v) is 27.9. The summed E-state index contributed by atoms with van der Waals surface area (Å²) in [7, 11) is 0. The predicted molar refractivity (Wildman–Crippen MR) is 187 cm³/mol. The van der Waals surface area contributed by atoms with Crippen LogP contribution in [0, 0.1) is 35.3 Å². The molecule has 2 saturated heterocycles. The minimum Gasteiger partial charge on any atom is -0.439 e. The molecule has 0 bridgehead atoms. The fourth-order valence-corrected chi connectivity index (χ4v) is 5.50. The van der Waals surface area contributed by atoms with E-state index < -0.39 is 36.5 Å². The van der Waals surface area contributed by atoms with E-state index in [-0.39, 0.29) is 11.6 Å². The first-order valence-corrected chi connectivity index (χ1v) is 16.3. The number of alkyl carbamates (subject to hydrolysis) is 2. The zero-order chi connectivity index (χ0) is 37.3. The summed E-state index contributed by atoms with van der Waals surface area (Å²) in [6.07, 6.45) is 7.09. The number of ether oxygens (including phenoxy) is 2. The highest BCUT2D eigenvalue weighted by atomic mass is 19.1. The van der Waals surface area contributed by atoms with Crippen LogP contribution in [0.3, 0.4) is 0 Å². The van der Waals surface area contributed by atoms with Gasteiger partial charge >= 0.3 is 12.2 Å². The number of carbonyl (C=O) groups is 2. The van der Waals surface area contributed by atoms with E-state index in [1.54, 1.807) is 97.8 Å². The lowest BCUT2D eigenvalue weighted by Crippen LogP contribution is -2.20. The van der Waals surface area contributed by atoms with Crippen molar-refractivity contribution >= 4 is 12.2 Å². The molecule has 12 nitrogen and oxygen atoms in total. The van der Waals surface area contributed by atoms with Gasteiger partial charge in [-0.2, -0.15) is 0 Å². The van der Waals surface area contributed by atoms with Crippen LogP contribution < -0.4 is 10.6 Å². The van der Waals surface area contributed by atoms with Gasteiger partial charge in [0.2, 0.25) is 0 Å². The molecule has 2 aliphatic heterocycles. The Balaban J connectivity index is 0.000000167.